The lowest BCUT2D eigenvalue weighted by Gasteiger charge is -1.80. The molecule has 0 aliphatic carbocycles. The molecule has 0 unspecified atom stereocenters. The van der Waals surface area contributed by atoms with Crippen LogP contribution in [0.15, 0.2) is 4.47 Å². The van der Waals surface area contributed by atoms with Crippen molar-refractivity contribution in [2.45, 2.75) is 13.8 Å². The van der Waals surface area contributed by atoms with Crippen LogP contribution >= 0.6 is 11.8 Å². The molecular weight excluding hydrogens is 172 g/mol. The van der Waals surface area contributed by atoms with Gasteiger partial charge in [0.25, 0.3) is 0 Å². The lowest BCUT2D eigenvalue weighted by atomic mass is 11.0. The van der Waals surface area contributed by atoms with Crippen molar-refractivity contribution < 1.29 is 8.42 Å². The average Bonchev–Trinajstić information content (AvgIpc) is 1.91. The molecule has 0 spiro atoms. The second kappa shape index (κ2) is 11.7. The van der Waals surface area contributed by atoms with E-state index in [0.717, 1.165) is 0 Å². The Kier molecular flexibility index (Phi) is 14.7. The first-order chi connectivity index (χ1) is 4.68. The van der Waals surface area contributed by atoms with E-state index in [4.69, 9.17) is 8.42 Å². The van der Waals surface area contributed by atoms with Gasteiger partial charge in [0.1, 0.15) is 0 Å². The molecule has 0 fully saturated rings. The molecular formula is C4H12N2O2S2. The van der Waals surface area contributed by atoms with Crippen LogP contribution in [0.4, 0.5) is 0 Å². The van der Waals surface area contributed by atoms with E-state index < -0.39 is 10.5 Å². The topological polar surface area (TPSA) is 72.5 Å². The Morgan fingerprint density at radius 3 is 1.70 bits per heavy atom. The maximum atomic E-state index is 9.08. The van der Waals surface area contributed by atoms with Crippen molar-refractivity contribution in [3.05, 3.63) is 0 Å². The number of thioether (sulfide) groups is 1. The van der Waals surface area contributed by atoms with Crippen molar-refractivity contribution in [1.82, 2.24) is 0 Å². The Labute approximate surface area is 66.9 Å². The van der Waals surface area contributed by atoms with Crippen molar-refractivity contribution in [2.24, 2.45) is 10.3 Å². The number of nitrogens with two attached hydrogens (primary N) is 1. The van der Waals surface area contributed by atoms with Crippen LogP contribution in [0.2, 0.25) is 0 Å². The average molecular weight is 184 g/mol. The van der Waals surface area contributed by atoms with Crippen LogP contribution in [-0.4, -0.2) is 19.9 Å². The van der Waals surface area contributed by atoms with E-state index in [0.29, 0.717) is 0 Å². The van der Waals surface area contributed by atoms with Gasteiger partial charge < -0.3 is 0 Å². The summed E-state index contributed by atoms with van der Waals surface area (Å²) in [5.74, 6) is 6.70. The number of hydrogen-bond acceptors (Lipinski definition) is 4. The predicted molar refractivity (Wildman–Crippen MR) is 44.2 cm³/mol. The van der Waals surface area contributed by atoms with Crippen LogP contribution in [0.3, 0.4) is 0 Å². The van der Waals surface area contributed by atoms with Gasteiger partial charge in [-0.3, -0.25) is 0 Å². The van der Waals surface area contributed by atoms with Gasteiger partial charge in [-0.1, -0.05) is 18.3 Å². The van der Waals surface area contributed by atoms with Gasteiger partial charge in [-0.05, 0) is 11.5 Å². The zero-order valence-electron chi connectivity index (χ0n) is 6.07. The first-order valence-corrected chi connectivity index (χ1v) is 4.95. The summed E-state index contributed by atoms with van der Waals surface area (Å²) in [5.41, 5.74) is 0. The van der Waals surface area contributed by atoms with E-state index in [9.17, 15) is 0 Å². The Morgan fingerprint density at radius 1 is 1.40 bits per heavy atom. The summed E-state index contributed by atoms with van der Waals surface area (Å²) >= 11 is 1.96. The molecule has 6 heteroatoms. The zero-order chi connectivity index (χ0) is 8.41. The van der Waals surface area contributed by atoms with E-state index in [1.54, 1.807) is 0 Å². The van der Waals surface area contributed by atoms with Gasteiger partial charge in [-0.15, -0.1) is 0 Å². The van der Waals surface area contributed by atoms with Crippen LogP contribution < -0.4 is 5.84 Å². The van der Waals surface area contributed by atoms with Crippen molar-refractivity contribution in [3.8, 4) is 0 Å². The number of hydrogen-bond donors (Lipinski definition) is 1. The monoisotopic (exact) mass is 184 g/mol. The fraction of sp³-hybridized carbons (Fsp3) is 1.00. The highest BCUT2D eigenvalue weighted by Gasteiger charge is 1.67. The molecule has 0 radical (unpaired) electrons. The molecule has 0 atom stereocenters. The summed E-state index contributed by atoms with van der Waals surface area (Å²) in [4.78, 5) is 0. The molecule has 0 heterocycles. The molecule has 10 heavy (non-hydrogen) atoms. The van der Waals surface area contributed by atoms with Crippen molar-refractivity contribution in [3.63, 3.8) is 0 Å². The summed E-state index contributed by atoms with van der Waals surface area (Å²) in [5, 5.41) is 0. The largest absolute Gasteiger partial charge is 0.327 e. The fourth-order valence-electron chi connectivity index (χ4n) is 0.204. The third-order valence-corrected chi connectivity index (χ3v) is 1.48. The molecule has 0 aromatic heterocycles. The van der Waals surface area contributed by atoms with Gasteiger partial charge in [0.05, 0.1) is 0 Å². The number of nitrogens with zero attached hydrogens (tertiary/aromatic N) is 1. The number of rotatable bonds is 2. The maximum Gasteiger partial charge on any atom is 0.327 e. The van der Waals surface area contributed by atoms with Gasteiger partial charge in [0, 0.05) is 0 Å². The first-order valence-electron chi connectivity index (χ1n) is 2.77. The third-order valence-electron chi connectivity index (χ3n) is 0.494. The molecule has 0 rings (SSSR count). The molecule has 62 valence electrons. The standard InChI is InChI=1S/C4H10S.H2N2O2S/c1-3-5-4-2;1-2-5(3)4/h3-4H2,1-2H3;1H2. The molecule has 0 aromatic carbocycles. The van der Waals surface area contributed by atoms with E-state index in [2.05, 4.69) is 24.2 Å². The normalized spacial score (nSPS) is 7.50. The van der Waals surface area contributed by atoms with Gasteiger partial charge in [-0.2, -0.15) is 20.2 Å². The minimum Gasteiger partial charge on any atom is -0.212 e. The van der Waals surface area contributed by atoms with E-state index >= 15 is 0 Å². The molecule has 4 nitrogen and oxygen atoms in total. The van der Waals surface area contributed by atoms with Crippen LogP contribution in [0.5, 0.6) is 0 Å². The third kappa shape index (κ3) is 24.7. The lowest BCUT2D eigenvalue weighted by molar-refractivity contribution is 0.620. The minimum absolute atomic E-state index is 1.26. The molecule has 0 saturated heterocycles. The molecule has 0 bridgehead atoms. The molecule has 0 aliphatic heterocycles. The van der Waals surface area contributed by atoms with E-state index in [1.165, 1.54) is 11.5 Å². The van der Waals surface area contributed by atoms with Gasteiger partial charge in [0.2, 0.25) is 0 Å². The maximum absolute atomic E-state index is 9.08. The summed E-state index contributed by atoms with van der Waals surface area (Å²) < 4.78 is 20.5. The van der Waals surface area contributed by atoms with Gasteiger partial charge in [-0.25, -0.2) is 5.84 Å². The van der Waals surface area contributed by atoms with Crippen LogP contribution in [-0.2, 0) is 10.5 Å². The smallest absolute Gasteiger partial charge is 0.212 e. The van der Waals surface area contributed by atoms with Gasteiger partial charge in [0.15, 0.2) is 0 Å². The Morgan fingerprint density at radius 2 is 1.70 bits per heavy atom. The molecule has 0 aliphatic rings. The summed E-state index contributed by atoms with van der Waals surface area (Å²) in [6, 6.07) is 0. The second-order valence-electron chi connectivity index (χ2n) is 1.10. The van der Waals surface area contributed by atoms with E-state index in [-0.39, 0.29) is 0 Å². The Hall–Kier alpha value is -0.0700. The highest BCUT2D eigenvalue weighted by molar-refractivity contribution is 7.99. The van der Waals surface area contributed by atoms with Crippen LogP contribution in [0.1, 0.15) is 13.8 Å². The molecule has 0 saturated carbocycles. The molecule has 0 aromatic rings. The SMILES string of the molecule is CCSCC.NN=S(=O)=O. The highest BCUT2D eigenvalue weighted by atomic mass is 32.2. The summed E-state index contributed by atoms with van der Waals surface area (Å²) in [6.07, 6.45) is 0. The van der Waals surface area contributed by atoms with Crippen LogP contribution in [0, 0.1) is 0 Å². The Balaban J connectivity index is 0. The van der Waals surface area contributed by atoms with Crippen molar-refractivity contribution >= 4 is 22.3 Å². The summed E-state index contributed by atoms with van der Waals surface area (Å²) in [6.45, 7) is 4.35. The van der Waals surface area contributed by atoms with Crippen molar-refractivity contribution in [2.75, 3.05) is 11.5 Å². The van der Waals surface area contributed by atoms with Crippen LogP contribution in [0.25, 0.3) is 0 Å². The van der Waals surface area contributed by atoms with E-state index in [1.807, 2.05) is 11.8 Å². The molecule has 0 amide bonds. The first kappa shape index (κ1) is 12.6. The zero-order valence-corrected chi connectivity index (χ0v) is 7.70. The Bertz CT molecular complexity index is 154. The van der Waals surface area contributed by atoms with Crippen molar-refractivity contribution in [1.29, 1.82) is 0 Å². The fourth-order valence-corrected chi connectivity index (χ4v) is 0.612. The lowest BCUT2D eigenvalue weighted by Crippen LogP contribution is -1.73. The second-order valence-corrected chi connectivity index (χ2v) is 3.31. The molecule has 2 N–H and O–H groups in total. The quantitative estimate of drug-likeness (QED) is 0.506. The minimum atomic E-state index is -2.42. The summed E-state index contributed by atoms with van der Waals surface area (Å²) in [7, 11) is -2.42. The predicted octanol–water partition coefficient (Wildman–Crippen LogP) is 0.682. The highest BCUT2D eigenvalue weighted by Crippen LogP contribution is 1.93. The van der Waals surface area contributed by atoms with Gasteiger partial charge >= 0.3 is 10.5 Å².